The molecule has 0 aliphatic heterocycles. The van der Waals surface area contributed by atoms with E-state index >= 15 is 0 Å². The Morgan fingerprint density at radius 1 is 1.20 bits per heavy atom. The monoisotopic (exact) mass is 385 g/mol. The summed E-state index contributed by atoms with van der Waals surface area (Å²) in [5.74, 6) is -1.12. The lowest BCUT2D eigenvalue weighted by Gasteiger charge is -2.08. The number of carbonyl (C=O) groups is 2. The van der Waals surface area contributed by atoms with Gasteiger partial charge in [0.1, 0.15) is 5.69 Å². The predicted octanol–water partition coefficient (Wildman–Crippen LogP) is 3.27. The summed E-state index contributed by atoms with van der Waals surface area (Å²) in [6, 6.07) is 8.37. The third kappa shape index (κ3) is 3.29. The summed E-state index contributed by atoms with van der Waals surface area (Å²) in [6.07, 6.45) is 0. The lowest BCUT2D eigenvalue weighted by Crippen LogP contribution is -2.21. The molecule has 6 nitrogen and oxygen atoms in total. The van der Waals surface area contributed by atoms with Gasteiger partial charge in [-0.1, -0.05) is 12.1 Å². The number of carboxylic acids is 1. The van der Waals surface area contributed by atoms with E-state index in [-0.39, 0.29) is 11.4 Å². The normalized spacial score (nSPS) is 10.1. The van der Waals surface area contributed by atoms with Crippen molar-refractivity contribution in [3.63, 3.8) is 0 Å². The standard InChI is InChI=1S/C13H12IN3O3/c1-7-6-10(11(15-7)12(18)19)17-13(20)16-9-5-3-2-4-8(9)14/h2-6,15H,1H3,(H,18,19)(H2,16,17,20). The van der Waals surface area contributed by atoms with Crippen LogP contribution in [0.15, 0.2) is 30.3 Å². The van der Waals surface area contributed by atoms with Crippen LogP contribution < -0.4 is 10.6 Å². The number of benzene rings is 1. The van der Waals surface area contributed by atoms with Gasteiger partial charge < -0.3 is 20.7 Å². The fourth-order valence-corrected chi connectivity index (χ4v) is 2.22. The molecule has 1 aromatic carbocycles. The molecular formula is C13H12IN3O3. The maximum absolute atomic E-state index is 11.9. The first-order chi connectivity index (χ1) is 9.47. The van der Waals surface area contributed by atoms with Gasteiger partial charge in [0.25, 0.3) is 0 Å². The van der Waals surface area contributed by atoms with Crippen LogP contribution in [0.5, 0.6) is 0 Å². The number of para-hydroxylation sites is 1. The van der Waals surface area contributed by atoms with Gasteiger partial charge in [-0.3, -0.25) is 0 Å². The Balaban J connectivity index is 2.13. The highest BCUT2D eigenvalue weighted by molar-refractivity contribution is 14.1. The molecule has 0 radical (unpaired) electrons. The van der Waals surface area contributed by atoms with E-state index in [9.17, 15) is 9.59 Å². The largest absolute Gasteiger partial charge is 0.477 e. The molecule has 0 unspecified atom stereocenters. The number of carbonyl (C=O) groups excluding carboxylic acids is 1. The number of rotatable bonds is 3. The Morgan fingerprint density at radius 2 is 1.85 bits per heavy atom. The lowest BCUT2D eigenvalue weighted by atomic mass is 10.3. The smallest absolute Gasteiger partial charge is 0.354 e. The molecule has 0 saturated carbocycles. The van der Waals surface area contributed by atoms with E-state index < -0.39 is 12.0 Å². The third-order valence-electron chi connectivity index (χ3n) is 2.54. The first kappa shape index (κ1) is 14.4. The van der Waals surface area contributed by atoms with E-state index in [4.69, 9.17) is 5.11 Å². The van der Waals surface area contributed by atoms with Gasteiger partial charge in [-0.15, -0.1) is 0 Å². The van der Waals surface area contributed by atoms with Crippen molar-refractivity contribution in [1.82, 2.24) is 4.98 Å². The number of urea groups is 1. The van der Waals surface area contributed by atoms with Crippen LogP contribution >= 0.6 is 22.6 Å². The Bertz CT molecular complexity index is 667. The number of aromatic amines is 1. The molecule has 104 valence electrons. The first-order valence-corrected chi connectivity index (χ1v) is 6.80. The average molecular weight is 385 g/mol. The molecule has 0 bridgehead atoms. The van der Waals surface area contributed by atoms with Gasteiger partial charge >= 0.3 is 12.0 Å². The minimum absolute atomic E-state index is 0.0413. The summed E-state index contributed by atoms with van der Waals surface area (Å²) in [7, 11) is 0. The topological polar surface area (TPSA) is 94.2 Å². The second-order valence-corrected chi connectivity index (χ2v) is 5.27. The molecule has 2 aromatic rings. The minimum atomic E-state index is -1.12. The molecular weight excluding hydrogens is 373 g/mol. The number of H-pyrrole nitrogens is 1. The van der Waals surface area contributed by atoms with Crippen LogP contribution in [-0.2, 0) is 0 Å². The Morgan fingerprint density at radius 3 is 2.50 bits per heavy atom. The zero-order chi connectivity index (χ0) is 14.7. The van der Waals surface area contributed by atoms with Gasteiger partial charge in [-0.2, -0.15) is 0 Å². The second kappa shape index (κ2) is 5.95. The van der Waals surface area contributed by atoms with Crippen LogP contribution in [-0.4, -0.2) is 22.1 Å². The molecule has 1 heterocycles. The van der Waals surface area contributed by atoms with Crippen LogP contribution in [0.4, 0.5) is 16.2 Å². The number of halogens is 1. The molecule has 0 aliphatic carbocycles. The number of nitrogens with one attached hydrogen (secondary N) is 3. The average Bonchev–Trinajstić information content (AvgIpc) is 2.73. The SMILES string of the molecule is Cc1cc(NC(=O)Nc2ccccc2I)c(C(=O)O)[nH]1. The predicted molar refractivity (Wildman–Crippen MR) is 84.3 cm³/mol. The molecule has 4 N–H and O–H groups in total. The van der Waals surface area contributed by atoms with Gasteiger partial charge in [0.05, 0.1) is 11.4 Å². The quantitative estimate of drug-likeness (QED) is 0.611. The zero-order valence-electron chi connectivity index (χ0n) is 10.5. The molecule has 0 fully saturated rings. The van der Waals surface area contributed by atoms with Crippen molar-refractivity contribution in [2.75, 3.05) is 10.6 Å². The highest BCUT2D eigenvalue weighted by atomic mass is 127. The van der Waals surface area contributed by atoms with Crippen molar-refractivity contribution in [2.24, 2.45) is 0 Å². The molecule has 0 atom stereocenters. The number of aromatic carboxylic acids is 1. The third-order valence-corrected chi connectivity index (χ3v) is 3.48. The number of hydrogen-bond donors (Lipinski definition) is 4. The van der Waals surface area contributed by atoms with Crippen molar-refractivity contribution in [3.05, 3.63) is 45.3 Å². The van der Waals surface area contributed by atoms with E-state index in [0.717, 1.165) is 3.57 Å². The highest BCUT2D eigenvalue weighted by Crippen LogP contribution is 2.19. The lowest BCUT2D eigenvalue weighted by molar-refractivity contribution is 0.0692. The van der Waals surface area contributed by atoms with Gasteiger partial charge in [-0.05, 0) is 47.7 Å². The summed E-state index contributed by atoms with van der Waals surface area (Å²) in [5.41, 5.74) is 1.51. The Kier molecular flexibility index (Phi) is 4.28. The summed E-state index contributed by atoms with van der Waals surface area (Å²) < 4.78 is 0.893. The van der Waals surface area contributed by atoms with Gasteiger partial charge in [0, 0.05) is 9.26 Å². The second-order valence-electron chi connectivity index (χ2n) is 4.11. The minimum Gasteiger partial charge on any atom is -0.477 e. The molecule has 2 amide bonds. The molecule has 1 aromatic heterocycles. The van der Waals surface area contributed by atoms with E-state index in [2.05, 4.69) is 38.2 Å². The fourth-order valence-electron chi connectivity index (χ4n) is 1.69. The van der Waals surface area contributed by atoms with Crippen molar-refractivity contribution in [3.8, 4) is 0 Å². The molecule has 20 heavy (non-hydrogen) atoms. The fraction of sp³-hybridized carbons (Fsp3) is 0.0769. The van der Waals surface area contributed by atoms with Gasteiger partial charge in [-0.25, -0.2) is 9.59 Å². The summed E-state index contributed by atoms with van der Waals surface area (Å²) in [6.45, 7) is 1.72. The molecule has 0 aliphatic rings. The maximum atomic E-state index is 11.9. The molecule has 0 spiro atoms. The van der Waals surface area contributed by atoms with Crippen molar-refractivity contribution >= 4 is 46.0 Å². The van der Waals surface area contributed by atoms with Gasteiger partial charge in [0.15, 0.2) is 0 Å². The Hall–Kier alpha value is -2.03. The molecule has 2 rings (SSSR count). The number of anilines is 2. The molecule has 0 saturated heterocycles. The number of carboxylic acid groups (broad SMARTS) is 1. The zero-order valence-corrected chi connectivity index (χ0v) is 12.7. The van der Waals surface area contributed by atoms with E-state index in [0.29, 0.717) is 11.4 Å². The van der Waals surface area contributed by atoms with Crippen molar-refractivity contribution in [1.29, 1.82) is 0 Å². The first-order valence-electron chi connectivity index (χ1n) is 5.73. The van der Waals surface area contributed by atoms with Crippen LogP contribution in [0.3, 0.4) is 0 Å². The highest BCUT2D eigenvalue weighted by Gasteiger charge is 2.15. The molecule has 7 heteroatoms. The van der Waals surface area contributed by atoms with Crippen LogP contribution in [0, 0.1) is 10.5 Å². The Labute approximate surface area is 128 Å². The van der Waals surface area contributed by atoms with E-state index in [1.807, 2.05) is 12.1 Å². The van der Waals surface area contributed by atoms with Crippen molar-refractivity contribution < 1.29 is 14.7 Å². The van der Waals surface area contributed by atoms with E-state index in [1.165, 1.54) is 0 Å². The van der Waals surface area contributed by atoms with E-state index in [1.54, 1.807) is 25.1 Å². The summed E-state index contributed by atoms with van der Waals surface area (Å²) >= 11 is 2.10. The van der Waals surface area contributed by atoms with Crippen LogP contribution in [0.1, 0.15) is 16.2 Å². The van der Waals surface area contributed by atoms with Crippen LogP contribution in [0.25, 0.3) is 0 Å². The number of hydrogen-bond acceptors (Lipinski definition) is 2. The number of amides is 2. The number of aromatic nitrogens is 1. The van der Waals surface area contributed by atoms with Crippen molar-refractivity contribution in [2.45, 2.75) is 6.92 Å². The summed E-state index contributed by atoms with van der Waals surface area (Å²) in [5, 5.41) is 14.2. The maximum Gasteiger partial charge on any atom is 0.354 e. The van der Waals surface area contributed by atoms with Crippen LogP contribution in [0.2, 0.25) is 0 Å². The van der Waals surface area contributed by atoms with Gasteiger partial charge in [0.2, 0.25) is 0 Å². The summed E-state index contributed by atoms with van der Waals surface area (Å²) in [4.78, 5) is 25.6. The number of aryl methyl sites for hydroxylation is 1.